The number of rotatable bonds is 11. The molecule has 0 saturated carbocycles. The molecule has 0 radical (unpaired) electrons. The lowest BCUT2D eigenvalue weighted by Crippen LogP contribution is -2.41. The topological polar surface area (TPSA) is 122 Å². The van der Waals surface area contributed by atoms with Crippen molar-refractivity contribution in [3.05, 3.63) is 93.2 Å². The van der Waals surface area contributed by atoms with Gasteiger partial charge in [-0.1, -0.05) is 30.0 Å². The molecule has 0 aromatic heterocycles. The number of carbonyl (C=O) groups excluding carboxylic acids is 2. The average Bonchev–Trinajstić information content (AvgIpc) is 2.88. The van der Waals surface area contributed by atoms with E-state index in [9.17, 15) is 24.9 Å². The van der Waals surface area contributed by atoms with Gasteiger partial charge in [-0.25, -0.2) is 4.74 Å². The maximum Gasteiger partial charge on any atom is 0.324 e. The predicted octanol–water partition coefficient (Wildman–Crippen LogP) is 4.72. The van der Waals surface area contributed by atoms with Crippen LogP contribution >= 0.6 is 0 Å². The second kappa shape index (κ2) is 13.6. The standard InChI is InChI=1S/C28H30N2O7/c1-5-18-28(26(31)36-6-2,27(32)37-7-3)19-10-13-23-11-8-9-12-24(23)20-29(33)21(4)22-14-16-25(17-15-22)30(34)35/h5,8-9,11-12,14-17,20-21H,1,6-7,18-19H2,2-4H3/b29-20-/t21-/m0/s1. The lowest BCUT2D eigenvalue weighted by atomic mass is 9.81. The van der Waals surface area contributed by atoms with E-state index in [1.807, 2.05) is 0 Å². The van der Waals surface area contributed by atoms with Crippen LogP contribution in [0.1, 0.15) is 56.3 Å². The predicted molar refractivity (Wildman–Crippen MR) is 139 cm³/mol. The van der Waals surface area contributed by atoms with Crippen molar-refractivity contribution in [2.75, 3.05) is 13.2 Å². The van der Waals surface area contributed by atoms with Crippen LogP contribution in [0, 0.1) is 32.6 Å². The van der Waals surface area contributed by atoms with Crippen molar-refractivity contribution in [3.63, 3.8) is 0 Å². The lowest BCUT2D eigenvalue weighted by Gasteiger charge is -2.26. The maximum absolute atomic E-state index is 12.9. The highest BCUT2D eigenvalue weighted by molar-refractivity contribution is 6.00. The molecule has 1 atom stereocenters. The number of hydroxylamine groups is 1. The largest absolute Gasteiger partial charge is 0.623 e. The molecule has 0 spiro atoms. The molecule has 0 saturated heterocycles. The van der Waals surface area contributed by atoms with E-state index in [4.69, 9.17) is 9.47 Å². The molecule has 0 aliphatic carbocycles. The van der Waals surface area contributed by atoms with Gasteiger partial charge in [-0.3, -0.25) is 19.7 Å². The summed E-state index contributed by atoms with van der Waals surface area (Å²) in [6.45, 7) is 8.81. The molecule has 37 heavy (non-hydrogen) atoms. The molecule has 2 rings (SSSR count). The first-order valence-corrected chi connectivity index (χ1v) is 11.8. The fourth-order valence-corrected chi connectivity index (χ4v) is 3.54. The van der Waals surface area contributed by atoms with E-state index in [-0.39, 0.29) is 31.7 Å². The zero-order valence-electron chi connectivity index (χ0n) is 21.1. The zero-order valence-corrected chi connectivity index (χ0v) is 21.1. The van der Waals surface area contributed by atoms with Gasteiger partial charge in [0.1, 0.15) is 0 Å². The van der Waals surface area contributed by atoms with Gasteiger partial charge in [0.15, 0.2) is 17.7 Å². The van der Waals surface area contributed by atoms with E-state index in [1.165, 1.54) is 36.6 Å². The molecule has 0 N–H and O–H groups in total. The van der Waals surface area contributed by atoms with Crippen LogP contribution in [-0.4, -0.2) is 41.0 Å². The summed E-state index contributed by atoms with van der Waals surface area (Å²) in [7, 11) is 0. The highest BCUT2D eigenvalue weighted by Crippen LogP contribution is 2.31. The Morgan fingerprint density at radius 1 is 1.05 bits per heavy atom. The van der Waals surface area contributed by atoms with Crippen LogP contribution in [0.15, 0.2) is 61.2 Å². The fraction of sp³-hybridized carbons (Fsp3) is 0.321. The third kappa shape index (κ3) is 7.27. The number of nitro benzene ring substituents is 1. The van der Waals surface area contributed by atoms with E-state index in [0.717, 1.165) is 4.74 Å². The number of carbonyl (C=O) groups is 2. The monoisotopic (exact) mass is 506 g/mol. The second-order valence-electron chi connectivity index (χ2n) is 8.10. The van der Waals surface area contributed by atoms with Crippen molar-refractivity contribution < 1.29 is 28.7 Å². The van der Waals surface area contributed by atoms with Crippen molar-refractivity contribution in [1.29, 1.82) is 0 Å². The summed E-state index contributed by atoms with van der Waals surface area (Å²) >= 11 is 0. The minimum absolute atomic E-state index is 0.00575. The van der Waals surface area contributed by atoms with Crippen molar-refractivity contribution >= 4 is 23.8 Å². The summed E-state index contributed by atoms with van der Waals surface area (Å²) in [5, 5.41) is 23.7. The molecule has 0 bridgehead atoms. The molecule has 0 fully saturated rings. The summed E-state index contributed by atoms with van der Waals surface area (Å²) < 4.78 is 11.0. The second-order valence-corrected chi connectivity index (χ2v) is 8.10. The Bertz CT molecular complexity index is 1210. The van der Waals surface area contributed by atoms with Crippen LogP contribution < -0.4 is 0 Å². The first-order chi connectivity index (χ1) is 17.7. The van der Waals surface area contributed by atoms with E-state index < -0.39 is 28.3 Å². The van der Waals surface area contributed by atoms with Gasteiger partial charge < -0.3 is 14.7 Å². The number of hydrogen-bond acceptors (Lipinski definition) is 7. The molecule has 194 valence electrons. The maximum atomic E-state index is 12.9. The first kappa shape index (κ1) is 28.8. The highest BCUT2D eigenvalue weighted by Gasteiger charge is 2.47. The number of allylic oxidation sites excluding steroid dienone is 1. The number of nitrogens with zero attached hydrogens (tertiary/aromatic N) is 2. The Labute approximate surface area is 216 Å². The molecule has 9 heteroatoms. The van der Waals surface area contributed by atoms with Crippen LogP contribution in [0.3, 0.4) is 0 Å². The Kier molecular flexibility index (Phi) is 10.6. The molecular weight excluding hydrogens is 476 g/mol. The molecule has 0 unspecified atom stereocenters. The van der Waals surface area contributed by atoms with Gasteiger partial charge in [0, 0.05) is 36.6 Å². The minimum Gasteiger partial charge on any atom is -0.623 e. The van der Waals surface area contributed by atoms with Crippen molar-refractivity contribution in [1.82, 2.24) is 0 Å². The van der Waals surface area contributed by atoms with E-state index in [1.54, 1.807) is 45.0 Å². The van der Waals surface area contributed by atoms with Crippen molar-refractivity contribution in [2.45, 2.75) is 39.7 Å². The van der Waals surface area contributed by atoms with Crippen LogP contribution in [0.2, 0.25) is 0 Å². The van der Waals surface area contributed by atoms with Gasteiger partial charge in [-0.05, 0) is 44.5 Å². The lowest BCUT2D eigenvalue weighted by molar-refractivity contribution is -0.498. The van der Waals surface area contributed by atoms with Gasteiger partial charge in [0.05, 0.1) is 23.7 Å². The van der Waals surface area contributed by atoms with Gasteiger partial charge in [-0.15, -0.1) is 6.58 Å². The molecule has 9 nitrogen and oxygen atoms in total. The Balaban J connectivity index is 2.37. The Hall–Kier alpha value is -4.45. The third-order valence-corrected chi connectivity index (χ3v) is 5.63. The van der Waals surface area contributed by atoms with Gasteiger partial charge >= 0.3 is 11.9 Å². The van der Waals surface area contributed by atoms with Gasteiger partial charge in [0.2, 0.25) is 0 Å². The van der Waals surface area contributed by atoms with E-state index in [2.05, 4.69) is 18.4 Å². The van der Waals surface area contributed by atoms with Crippen LogP contribution in [0.4, 0.5) is 5.69 Å². The summed E-state index contributed by atoms with van der Waals surface area (Å²) in [4.78, 5) is 35.9. The number of hydrogen-bond donors (Lipinski definition) is 0. The number of non-ortho nitro benzene ring substituents is 1. The van der Waals surface area contributed by atoms with Crippen molar-refractivity contribution in [2.24, 2.45) is 5.41 Å². The summed E-state index contributed by atoms with van der Waals surface area (Å²) in [6.07, 6.45) is 2.66. The summed E-state index contributed by atoms with van der Waals surface area (Å²) in [5.74, 6) is 4.38. The minimum atomic E-state index is -1.64. The van der Waals surface area contributed by atoms with Crippen LogP contribution in [0.5, 0.6) is 0 Å². The van der Waals surface area contributed by atoms with E-state index in [0.29, 0.717) is 16.7 Å². The average molecular weight is 507 g/mol. The SMILES string of the molecule is C=CCC(CC#Cc1ccccc1/C=[N+](\[O-])[C@@H](C)c1ccc([N+](=O)[O-])cc1)(C(=O)OCC)C(=O)OCC. The molecular formula is C28H30N2O7. The van der Waals surface area contributed by atoms with Gasteiger partial charge in [0.25, 0.3) is 5.69 Å². The Morgan fingerprint density at radius 2 is 1.65 bits per heavy atom. The molecule has 0 amide bonds. The van der Waals surface area contributed by atoms with Crippen molar-refractivity contribution in [3.8, 4) is 11.8 Å². The van der Waals surface area contributed by atoms with Crippen LogP contribution in [-0.2, 0) is 19.1 Å². The van der Waals surface area contributed by atoms with E-state index >= 15 is 0 Å². The summed E-state index contributed by atoms with van der Waals surface area (Å²) in [6, 6.07) is 12.1. The third-order valence-electron chi connectivity index (χ3n) is 5.63. The normalized spacial score (nSPS) is 12.0. The smallest absolute Gasteiger partial charge is 0.324 e. The highest BCUT2D eigenvalue weighted by atomic mass is 16.6. The number of benzene rings is 2. The zero-order chi connectivity index (χ0) is 27.4. The Morgan fingerprint density at radius 3 is 2.19 bits per heavy atom. The molecule has 0 heterocycles. The van der Waals surface area contributed by atoms with Gasteiger partial charge in [-0.2, -0.15) is 0 Å². The number of nitro groups is 1. The number of esters is 2. The quantitative estimate of drug-likeness (QED) is 0.0498. The van der Waals surface area contributed by atoms with Crippen LogP contribution in [0.25, 0.3) is 0 Å². The molecule has 0 aliphatic rings. The summed E-state index contributed by atoms with van der Waals surface area (Å²) in [5.41, 5.74) is -0.0523. The molecule has 2 aromatic rings. The fourth-order valence-electron chi connectivity index (χ4n) is 3.54. The molecule has 2 aromatic carbocycles. The molecule has 0 aliphatic heterocycles. The number of ether oxygens (including phenoxy) is 2. The first-order valence-electron chi connectivity index (χ1n) is 11.8.